The lowest BCUT2D eigenvalue weighted by Crippen LogP contribution is -2.03. The molecule has 1 aliphatic carbocycles. The van der Waals surface area contributed by atoms with Crippen LogP contribution in [0.3, 0.4) is 0 Å². The first kappa shape index (κ1) is 12.4. The summed E-state index contributed by atoms with van der Waals surface area (Å²) in [6.45, 7) is 2.82. The molecule has 0 heterocycles. The van der Waals surface area contributed by atoms with Gasteiger partial charge in [-0.05, 0) is 56.6 Å². The third-order valence-corrected chi connectivity index (χ3v) is 3.68. The van der Waals surface area contributed by atoms with Gasteiger partial charge in [-0.1, -0.05) is 35.4 Å². The Kier molecular flexibility index (Phi) is 4.38. The summed E-state index contributed by atoms with van der Waals surface area (Å²) in [7, 11) is 0. The van der Waals surface area contributed by atoms with Crippen LogP contribution < -0.4 is 5.73 Å². The molecule has 0 saturated carbocycles. The average molecular weight is 229 g/mol. The minimum Gasteiger partial charge on any atom is -0.326 e. The molecule has 1 aromatic rings. The van der Waals surface area contributed by atoms with Crippen LogP contribution in [0.2, 0.25) is 0 Å². The molecule has 2 N–H and O–H groups in total. The van der Waals surface area contributed by atoms with Crippen molar-refractivity contribution in [3.8, 4) is 0 Å². The number of hydrogen-bond acceptors (Lipinski definition) is 1. The third-order valence-electron chi connectivity index (χ3n) is 3.68. The molecule has 17 heavy (non-hydrogen) atoms. The van der Waals surface area contributed by atoms with E-state index in [2.05, 4.69) is 31.2 Å². The summed E-state index contributed by atoms with van der Waals surface area (Å²) in [5.41, 5.74) is 11.5. The maximum absolute atomic E-state index is 5.79. The monoisotopic (exact) mass is 229 g/mol. The Bertz CT molecular complexity index is 404. The molecular weight excluding hydrogens is 206 g/mol. The second-order valence-electron chi connectivity index (χ2n) is 5.08. The molecule has 0 unspecified atom stereocenters. The van der Waals surface area contributed by atoms with Gasteiger partial charge in [0.05, 0.1) is 0 Å². The first-order valence-electron chi connectivity index (χ1n) is 6.76. The molecule has 1 nitrogen and oxygen atoms in total. The second-order valence-corrected chi connectivity index (χ2v) is 5.08. The number of aryl methyl sites for hydroxylation is 2. The van der Waals surface area contributed by atoms with Crippen LogP contribution in [0, 0.1) is 6.92 Å². The molecule has 0 atom stereocenters. The minimum atomic E-state index is 0.661. The zero-order valence-corrected chi connectivity index (χ0v) is 10.8. The molecule has 0 saturated heterocycles. The number of allylic oxidation sites excluding steroid dienone is 2. The van der Waals surface area contributed by atoms with Crippen molar-refractivity contribution in [1.82, 2.24) is 0 Å². The summed E-state index contributed by atoms with van der Waals surface area (Å²) >= 11 is 0. The van der Waals surface area contributed by atoms with E-state index in [0.717, 1.165) is 6.42 Å². The van der Waals surface area contributed by atoms with Gasteiger partial charge in [0.1, 0.15) is 0 Å². The van der Waals surface area contributed by atoms with Gasteiger partial charge in [-0.2, -0.15) is 0 Å². The summed E-state index contributed by atoms with van der Waals surface area (Å²) in [4.78, 5) is 0. The van der Waals surface area contributed by atoms with E-state index in [-0.39, 0.29) is 0 Å². The van der Waals surface area contributed by atoms with E-state index in [9.17, 15) is 0 Å². The number of hydrogen-bond donors (Lipinski definition) is 1. The molecule has 2 rings (SSSR count). The van der Waals surface area contributed by atoms with Gasteiger partial charge in [-0.25, -0.2) is 0 Å². The lowest BCUT2D eigenvalue weighted by molar-refractivity contribution is 0.672. The molecule has 0 spiro atoms. The number of benzene rings is 1. The van der Waals surface area contributed by atoms with Crippen molar-refractivity contribution in [3.63, 3.8) is 0 Å². The molecule has 0 aliphatic heterocycles. The van der Waals surface area contributed by atoms with Crippen molar-refractivity contribution >= 4 is 0 Å². The van der Waals surface area contributed by atoms with Gasteiger partial charge in [0.15, 0.2) is 0 Å². The zero-order valence-electron chi connectivity index (χ0n) is 10.8. The SMILES string of the molecule is Cc1ccc(CN)c(CCC2=CCCCC2)c1. The normalized spacial score (nSPS) is 15.8. The zero-order chi connectivity index (χ0) is 12.1. The maximum atomic E-state index is 5.79. The van der Waals surface area contributed by atoms with Crippen molar-refractivity contribution in [2.45, 2.75) is 52.0 Å². The lowest BCUT2D eigenvalue weighted by Gasteiger charge is -2.14. The Morgan fingerprint density at radius 3 is 2.71 bits per heavy atom. The average Bonchev–Trinajstić information content (AvgIpc) is 2.38. The van der Waals surface area contributed by atoms with Crippen molar-refractivity contribution in [2.75, 3.05) is 0 Å². The van der Waals surface area contributed by atoms with E-state index in [1.165, 1.54) is 48.8 Å². The number of nitrogens with two attached hydrogens (primary N) is 1. The molecule has 92 valence electrons. The highest BCUT2D eigenvalue weighted by Gasteiger charge is 2.06. The molecule has 0 radical (unpaired) electrons. The summed E-state index contributed by atoms with van der Waals surface area (Å²) in [5.74, 6) is 0. The Hall–Kier alpha value is -1.08. The van der Waals surface area contributed by atoms with Crippen LogP contribution in [0.15, 0.2) is 29.8 Å². The van der Waals surface area contributed by atoms with Gasteiger partial charge in [-0.3, -0.25) is 0 Å². The lowest BCUT2D eigenvalue weighted by atomic mass is 9.92. The van der Waals surface area contributed by atoms with Gasteiger partial charge in [0, 0.05) is 6.54 Å². The van der Waals surface area contributed by atoms with Crippen molar-refractivity contribution < 1.29 is 0 Å². The highest BCUT2D eigenvalue weighted by Crippen LogP contribution is 2.23. The van der Waals surface area contributed by atoms with Crippen LogP contribution in [-0.4, -0.2) is 0 Å². The van der Waals surface area contributed by atoms with Gasteiger partial charge in [0.25, 0.3) is 0 Å². The largest absolute Gasteiger partial charge is 0.326 e. The Labute approximate surface area is 105 Å². The topological polar surface area (TPSA) is 26.0 Å². The quantitative estimate of drug-likeness (QED) is 0.779. The van der Waals surface area contributed by atoms with E-state index < -0.39 is 0 Å². The third kappa shape index (κ3) is 3.44. The standard InChI is InChI=1S/C16H23N/c1-13-7-9-16(12-17)15(11-13)10-8-14-5-3-2-4-6-14/h5,7,9,11H,2-4,6,8,10,12,17H2,1H3. The smallest absolute Gasteiger partial charge is 0.0180 e. The highest BCUT2D eigenvalue weighted by molar-refractivity contribution is 5.32. The van der Waals surface area contributed by atoms with Crippen LogP contribution in [-0.2, 0) is 13.0 Å². The van der Waals surface area contributed by atoms with E-state index in [4.69, 9.17) is 5.73 Å². The predicted molar refractivity (Wildman–Crippen MR) is 73.9 cm³/mol. The van der Waals surface area contributed by atoms with Crippen molar-refractivity contribution in [1.29, 1.82) is 0 Å². The Balaban J connectivity index is 2.02. The van der Waals surface area contributed by atoms with Crippen molar-refractivity contribution in [3.05, 3.63) is 46.5 Å². The van der Waals surface area contributed by atoms with Crippen LogP contribution in [0.1, 0.15) is 48.8 Å². The number of rotatable bonds is 4. The fourth-order valence-corrected chi connectivity index (χ4v) is 2.61. The predicted octanol–water partition coefficient (Wildman–Crippen LogP) is 3.89. The summed E-state index contributed by atoms with van der Waals surface area (Å²) in [6, 6.07) is 6.64. The van der Waals surface area contributed by atoms with Crippen LogP contribution in [0.25, 0.3) is 0 Å². The van der Waals surface area contributed by atoms with Gasteiger partial charge >= 0.3 is 0 Å². The van der Waals surface area contributed by atoms with Crippen LogP contribution in [0.5, 0.6) is 0 Å². The molecule has 0 fully saturated rings. The molecule has 1 aliphatic rings. The molecule has 0 aromatic heterocycles. The van der Waals surface area contributed by atoms with E-state index in [1.807, 2.05) is 0 Å². The second kappa shape index (κ2) is 6.02. The Morgan fingerprint density at radius 1 is 1.12 bits per heavy atom. The summed E-state index contributed by atoms with van der Waals surface area (Å²) in [5, 5.41) is 0. The van der Waals surface area contributed by atoms with E-state index in [1.54, 1.807) is 5.57 Å². The van der Waals surface area contributed by atoms with Crippen LogP contribution in [0.4, 0.5) is 0 Å². The first-order chi connectivity index (χ1) is 8.29. The maximum Gasteiger partial charge on any atom is 0.0180 e. The Morgan fingerprint density at radius 2 is 2.00 bits per heavy atom. The van der Waals surface area contributed by atoms with E-state index >= 15 is 0 Å². The summed E-state index contributed by atoms with van der Waals surface area (Å²) < 4.78 is 0. The van der Waals surface area contributed by atoms with Crippen LogP contribution >= 0.6 is 0 Å². The van der Waals surface area contributed by atoms with Gasteiger partial charge < -0.3 is 5.73 Å². The van der Waals surface area contributed by atoms with E-state index in [0.29, 0.717) is 6.54 Å². The minimum absolute atomic E-state index is 0.661. The fourth-order valence-electron chi connectivity index (χ4n) is 2.61. The highest BCUT2D eigenvalue weighted by atomic mass is 14.5. The van der Waals surface area contributed by atoms with Crippen molar-refractivity contribution in [2.24, 2.45) is 5.73 Å². The molecular formula is C16H23N. The molecule has 1 aromatic carbocycles. The first-order valence-corrected chi connectivity index (χ1v) is 6.76. The molecule has 0 bridgehead atoms. The molecule has 0 amide bonds. The molecule has 1 heteroatoms. The fraction of sp³-hybridized carbons (Fsp3) is 0.500. The van der Waals surface area contributed by atoms with Gasteiger partial charge in [0.2, 0.25) is 0 Å². The summed E-state index contributed by atoms with van der Waals surface area (Å²) in [6.07, 6.45) is 10.2. The van der Waals surface area contributed by atoms with Gasteiger partial charge in [-0.15, -0.1) is 0 Å².